The van der Waals surface area contributed by atoms with E-state index in [0.29, 0.717) is 30.3 Å². The molecule has 0 radical (unpaired) electrons. The summed E-state index contributed by atoms with van der Waals surface area (Å²) in [6.45, 7) is 3.63. The SMILES string of the molecule is CC(=O)N1CCCC1c1cc2[nH]c(-c3ccccn3)nc2cc1Oc1ccc(CN2CCCC2=O)nc1. The second-order valence-corrected chi connectivity index (χ2v) is 9.58. The molecule has 6 rings (SSSR count). The van der Waals surface area contributed by atoms with E-state index in [9.17, 15) is 9.59 Å². The number of H-pyrrole nitrogens is 1. The number of aromatic nitrogens is 4. The molecule has 0 aliphatic carbocycles. The summed E-state index contributed by atoms with van der Waals surface area (Å²) >= 11 is 0. The molecule has 5 heterocycles. The summed E-state index contributed by atoms with van der Waals surface area (Å²) in [5.41, 5.74) is 4.13. The van der Waals surface area contributed by atoms with Crippen LogP contribution in [0.15, 0.2) is 54.9 Å². The van der Waals surface area contributed by atoms with Gasteiger partial charge in [-0.1, -0.05) is 6.07 Å². The van der Waals surface area contributed by atoms with E-state index in [1.165, 1.54) is 0 Å². The summed E-state index contributed by atoms with van der Waals surface area (Å²) in [6, 6.07) is 13.4. The van der Waals surface area contributed by atoms with E-state index in [0.717, 1.165) is 60.3 Å². The summed E-state index contributed by atoms with van der Waals surface area (Å²) < 4.78 is 6.37. The summed E-state index contributed by atoms with van der Waals surface area (Å²) in [5, 5.41) is 0. The van der Waals surface area contributed by atoms with E-state index in [4.69, 9.17) is 9.72 Å². The van der Waals surface area contributed by atoms with Crippen molar-refractivity contribution >= 4 is 22.8 Å². The van der Waals surface area contributed by atoms with Gasteiger partial charge in [0.25, 0.3) is 0 Å². The molecule has 188 valence electrons. The van der Waals surface area contributed by atoms with E-state index in [1.807, 2.05) is 52.3 Å². The Bertz CT molecular complexity index is 1450. The molecule has 2 saturated heterocycles. The molecule has 2 aliphatic rings. The van der Waals surface area contributed by atoms with Gasteiger partial charge >= 0.3 is 0 Å². The van der Waals surface area contributed by atoms with Crippen molar-refractivity contribution in [3.05, 3.63) is 66.1 Å². The molecule has 0 saturated carbocycles. The lowest BCUT2D eigenvalue weighted by atomic mass is 10.0. The highest BCUT2D eigenvalue weighted by atomic mass is 16.5. The lowest BCUT2D eigenvalue weighted by molar-refractivity contribution is -0.130. The highest BCUT2D eigenvalue weighted by Crippen LogP contribution is 2.41. The molecular formula is C28H28N6O3. The Morgan fingerprint density at radius 1 is 1.14 bits per heavy atom. The van der Waals surface area contributed by atoms with Crippen LogP contribution in [0.3, 0.4) is 0 Å². The van der Waals surface area contributed by atoms with Crippen LogP contribution in [0.2, 0.25) is 0 Å². The number of carbonyl (C=O) groups excluding carboxylic acids is 2. The van der Waals surface area contributed by atoms with Crippen molar-refractivity contribution in [2.75, 3.05) is 13.1 Å². The van der Waals surface area contributed by atoms with Crippen molar-refractivity contribution in [1.82, 2.24) is 29.7 Å². The van der Waals surface area contributed by atoms with Gasteiger partial charge in [0.2, 0.25) is 11.8 Å². The minimum atomic E-state index is -0.0769. The fourth-order valence-electron chi connectivity index (χ4n) is 5.25. The van der Waals surface area contributed by atoms with Gasteiger partial charge in [-0.15, -0.1) is 0 Å². The first kappa shape index (κ1) is 23.1. The third kappa shape index (κ3) is 4.64. The molecule has 4 aromatic rings. The molecule has 9 nitrogen and oxygen atoms in total. The van der Waals surface area contributed by atoms with Crippen LogP contribution in [0.4, 0.5) is 0 Å². The van der Waals surface area contributed by atoms with E-state index >= 15 is 0 Å². The number of imidazole rings is 1. The zero-order valence-electron chi connectivity index (χ0n) is 20.7. The van der Waals surface area contributed by atoms with E-state index in [2.05, 4.69) is 15.0 Å². The highest BCUT2D eigenvalue weighted by Gasteiger charge is 2.31. The predicted octanol–water partition coefficient (Wildman–Crippen LogP) is 4.62. The molecule has 37 heavy (non-hydrogen) atoms. The van der Waals surface area contributed by atoms with Gasteiger partial charge in [-0.3, -0.25) is 19.6 Å². The Morgan fingerprint density at radius 3 is 2.78 bits per heavy atom. The van der Waals surface area contributed by atoms with Gasteiger partial charge in [0, 0.05) is 44.3 Å². The van der Waals surface area contributed by atoms with E-state index in [-0.39, 0.29) is 17.9 Å². The van der Waals surface area contributed by atoms with E-state index < -0.39 is 0 Å². The zero-order chi connectivity index (χ0) is 25.4. The van der Waals surface area contributed by atoms with Crippen LogP contribution in [-0.2, 0) is 16.1 Å². The third-order valence-electron chi connectivity index (χ3n) is 7.09. The lowest BCUT2D eigenvalue weighted by Gasteiger charge is -2.25. The number of hydrogen-bond donors (Lipinski definition) is 1. The molecule has 1 N–H and O–H groups in total. The van der Waals surface area contributed by atoms with Gasteiger partial charge < -0.3 is 19.5 Å². The Morgan fingerprint density at radius 2 is 2.05 bits per heavy atom. The Hall–Kier alpha value is -4.27. The summed E-state index contributed by atoms with van der Waals surface area (Å²) in [5.74, 6) is 2.14. The number of carbonyl (C=O) groups is 2. The summed E-state index contributed by atoms with van der Waals surface area (Å²) in [6.07, 6.45) is 6.74. The van der Waals surface area contributed by atoms with Crippen molar-refractivity contribution in [3.63, 3.8) is 0 Å². The maximum absolute atomic E-state index is 12.4. The average Bonchev–Trinajstić information content (AvgIpc) is 3.65. The number of nitrogens with one attached hydrogen (secondary N) is 1. The fraction of sp³-hybridized carbons (Fsp3) is 0.321. The Balaban J connectivity index is 1.34. The molecule has 0 bridgehead atoms. The number of fused-ring (bicyclic) bond motifs is 1. The molecule has 1 aromatic carbocycles. The minimum Gasteiger partial charge on any atom is -0.455 e. The lowest BCUT2D eigenvalue weighted by Crippen LogP contribution is -2.28. The maximum atomic E-state index is 12.4. The molecule has 2 aliphatic heterocycles. The standard InChI is InChI=1S/C28H28N6O3/c1-18(35)34-13-4-7-25(34)21-14-23-24(32-28(31-23)22-6-2-3-11-29-22)15-26(21)37-20-10-9-19(30-16-20)17-33-12-5-8-27(33)36/h2-3,6,9-11,14-16,25H,4-5,7-8,12-13,17H2,1H3,(H,31,32). The number of rotatable bonds is 6. The minimum absolute atomic E-state index is 0.0508. The van der Waals surface area contributed by atoms with Crippen LogP contribution in [0, 0.1) is 0 Å². The number of nitrogens with zero attached hydrogens (tertiary/aromatic N) is 5. The van der Waals surface area contributed by atoms with Gasteiger partial charge in [-0.25, -0.2) is 4.98 Å². The summed E-state index contributed by atoms with van der Waals surface area (Å²) in [4.78, 5) is 45.1. The second-order valence-electron chi connectivity index (χ2n) is 9.58. The van der Waals surface area contributed by atoms with Gasteiger partial charge in [-0.05, 0) is 49.6 Å². The van der Waals surface area contributed by atoms with E-state index in [1.54, 1.807) is 19.3 Å². The molecular weight excluding hydrogens is 468 g/mol. The monoisotopic (exact) mass is 496 g/mol. The summed E-state index contributed by atoms with van der Waals surface area (Å²) in [7, 11) is 0. The number of amides is 2. The molecule has 0 spiro atoms. The Labute approximate surface area is 214 Å². The quantitative estimate of drug-likeness (QED) is 0.418. The largest absolute Gasteiger partial charge is 0.455 e. The topological polar surface area (TPSA) is 104 Å². The van der Waals surface area contributed by atoms with Crippen molar-refractivity contribution < 1.29 is 14.3 Å². The first-order chi connectivity index (χ1) is 18.0. The van der Waals surface area contributed by atoms with Crippen molar-refractivity contribution in [2.24, 2.45) is 0 Å². The molecule has 1 unspecified atom stereocenters. The zero-order valence-corrected chi connectivity index (χ0v) is 20.7. The number of likely N-dealkylation sites (tertiary alicyclic amines) is 2. The number of aromatic amines is 1. The molecule has 2 fully saturated rings. The van der Waals surface area contributed by atoms with Crippen molar-refractivity contribution in [2.45, 2.75) is 45.2 Å². The van der Waals surface area contributed by atoms with Crippen LogP contribution in [0.1, 0.15) is 49.9 Å². The predicted molar refractivity (Wildman–Crippen MR) is 138 cm³/mol. The van der Waals surface area contributed by atoms with Crippen molar-refractivity contribution in [1.29, 1.82) is 0 Å². The van der Waals surface area contributed by atoms with Gasteiger partial charge in [0.1, 0.15) is 17.2 Å². The number of hydrogen-bond acceptors (Lipinski definition) is 6. The molecule has 9 heteroatoms. The van der Waals surface area contributed by atoms with Crippen LogP contribution in [0.5, 0.6) is 11.5 Å². The smallest absolute Gasteiger partial charge is 0.222 e. The first-order valence-corrected chi connectivity index (χ1v) is 12.7. The van der Waals surface area contributed by atoms with Crippen LogP contribution in [0.25, 0.3) is 22.6 Å². The number of pyridine rings is 2. The molecule has 2 amide bonds. The highest BCUT2D eigenvalue weighted by molar-refractivity contribution is 5.82. The maximum Gasteiger partial charge on any atom is 0.222 e. The molecule has 3 aromatic heterocycles. The van der Waals surface area contributed by atoms with Crippen LogP contribution >= 0.6 is 0 Å². The van der Waals surface area contributed by atoms with Gasteiger partial charge in [0.05, 0.1) is 35.5 Å². The average molecular weight is 497 g/mol. The van der Waals surface area contributed by atoms with Gasteiger partial charge in [-0.2, -0.15) is 0 Å². The van der Waals surface area contributed by atoms with Crippen LogP contribution in [-0.4, -0.2) is 54.6 Å². The first-order valence-electron chi connectivity index (χ1n) is 12.7. The van der Waals surface area contributed by atoms with Crippen LogP contribution < -0.4 is 4.74 Å². The molecule has 1 atom stereocenters. The fourth-order valence-corrected chi connectivity index (χ4v) is 5.25. The number of benzene rings is 1. The third-order valence-corrected chi connectivity index (χ3v) is 7.09. The Kier molecular flexibility index (Phi) is 6.04. The number of ether oxygens (including phenoxy) is 1. The van der Waals surface area contributed by atoms with Gasteiger partial charge in [0.15, 0.2) is 5.82 Å². The normalized spacial score (nSPS) is 17.6. The van der Waals surface area contributed by atoms with Crippen molar-refractivity contribution in [3.8, 4) is 23.0 Å². The second kappa shape index (κ2) is 9.65.